The molecule has 0 spiro atoms. The van der Waals surface area contributed by atoms with Gasteiger partial charge in [-0.15, -0.1) is 0 Å². The molecule has 0 unspecified atom stereocenters. The van der Waals surface area contributed by atoms with Crippen molar-refractivity contribution in [2.24, 2.45) is 0 Å². The number of sulfonamides is 1. The van der Waals surface area contributed by atoms with Crippen molar-refractivity contribution in [3.63, 3.8) is 0 Å². The third-order valence-corrected chi connectivity index (χ3v) is 6.70. The first kappa shape index (κ1) is 18.0. The Morgan fingerprint density at radius 2 is 1.67 bits per heavy atom. The van der Waals surface area contributed by atoms with Crippen LogP contribution in [0.2, 0.25) is 0 Å². The molecule has 6 heteroatoms. The SMILES string of the molecule is O=S(=O)(c1cccc(NCc2cccc3ccccc23)c1)N1CCOCC1. The lowest BCUT2D eigenvalue weighted by atomic mass is 10.0. The van der Waals surface area contributed by atoms with Gasteiger partial charge in [0.1, 0.15) is 0 Å². The molecule has 27 heavy (non-hydrogen) atoms. The van der Waals surface area contributed by atoms with Crippen LogP contribution in [-0.4, -0.2) is 39.0 Å². The zero-order chi connectivity index (χ0) is 18.7. The smallest absolute Gasteiger partial charge is 0.243 e. The van der Waals surface area contributed by atoms with E-state index in [1.807, 2.05) is 24.3 Å². The van der Waals surface area contributed by atoms with Gasteiger partial charge in [0.2, 0.25) is 10.0 Å². The molecule has 5 nitrogen and oxygen atoms in total. The first-order valence-corrected chi connectivity index (χ1v) is 10.5. The van der Waals surface area contributed by atoms with Crippen LogP contribution in [0.5, 0.6) is 0 Å². The fourth-order valence-corrected chi connectivity index (χ4v) is 4.80. The molecule has 0 atom stereocenters. The van der Waals surface area contributed by atoms with Crippen LogP contribution in [0, 0.1) is 0 Å². The Hall–Kier alpha value is -2.41. The highest BCUT2D eigenvalue weighted by Gasteiger charge is 2.26. The maximum Gasteiger partial charge on any atom is 0.243 e. The summed E-state index contributed by atoms with van der Waals surface area (Å²) in [6.07, 6.45) is 0. The number of benzene rings is 3. The number of hydrogen-bond acceptors (Lipinski definition) is 4. The van der Waals surface area contributed by atoms with E-state index >= 15 is 0 Å². The molecule has 0 aliphatic carbocycles. The fraction of sp³-hybridized carbons (Fsp3) is 0.238. The highest BCUT2D eigenvalue weighted by atomic mass is 32.2. The first-order valence-electron chi connectivity index (χ1n) is 9.03. The molecule has 0 aromatic heterocycles. The largest absolute Gasteiger partial charge is 0.381 e. The number of rotatable bonds is 5. The Labute approximate surface area is 159 Å². The monoisotopic (exact) mass is 382 g/mol. The molecule has 1 N–H and O–H groups in total. The Balaban J connectivity index is 1.54. The van der Waals surface area contributed by atoms with Crippen LogP contribution in [0.25, 0.3) is 10.8 Å². The second-order valence-electron chi connectivity index (χ2n) is 6.54. The summed E-state index contributed by atoms with van der Waals surface area (Å²) in [5.74, 6) is 0. The first-order chi connectivity index (χ1) is 13.1. The van der Waals surface area contributed by atoms with Gasteiger partial charge >= 0.3 is 0 Å². The molecule has 1 saturated heterocycles. The zero-order valence-corrected chi connectivity index (χ0v) is 15.8. The van der Waals surface area contributed by atoms with Crippen molar-refractivity contribution in [2.45, 2.75) is 11.4 Å². The van der Waals surface area contributed by atoms with Gasteiger partial charge < -0.3 is 10.1 Å². The number of fused-ring (bicyclic) bond motifs is 1. The number of ether oxygens (including phenoxy) is 1. The summed E-state index contributed by atoms with van der Waals surface area (Å²) in [7, 11) is -3.49. The molecule has 1 aliphatic rings. The maximum atomic E-state index is 12.8. The van der Waals surface area contributed by atoms with E-state index in [0.717, 1.165) is 5.69 Å². The van der Waals surface area contributed by atoms with E-state index in [1.165, 1.54) is 20.6 Å². The number of morpholine rings is 1. The predicted molar refractivity (Wildman–Crippen MR) is 107 cm³/mol. The van der Waals surface area contributed by atoms with Gasteiger partial charge in [0.05, 0.1) is 18.1 Å². The van der Waals surface area contributed by atoms with E-state index in [0.29, 0.717) is 37.7 Å². The molecule has 1 heterocycles. The normalized spacial score (nSPS) is 15.7. The highest BCUT2D eigenvalue weighted by Crippen LogP contribution is 2.23. The molecule has 140 valence electrons. The van der Waals surface area contributed by atoms with Crippen molar-refractivity contribution >= 4 is 26.5 Å². The molecular weight excluding hydrogens is 360 g/mol. The van der Waals surface area contributed by atoms with Crippen LogP contribution in [-0.2, 0) is 21.3 Å². The van der Waals surface area contributed by atoms with Gasteiger partial charge in [-0.1, -0.05) is 48.5 Å². The van der Waals surface area contributed by atoms with Gasteiger partial charge in [-0.2, -0.15) is 4.31 Å². The zero-order valence-electron chi connectivity index (χ0n) is 15.0. The minimum Gasteiger partial charge on any atom is -0.381 e. The van der Waals surface area contributed by atoms with Gasteiger partial charge in [-0.05, 0) is 34.5 Å². The van der Waals surface area contributed by atoms with E-state index < -0.39 is 10.0 Å². The van der Waals surface area contributed by atoms with E-state index in [-0.39, 0.29) is 0 Å². The standard InChI is InChI=1S/C21H22N2O3S/c24-27(25,23-11-13-26-14-12-23)20-9-4-8-19(15-20)22-16-18-7-3-6-17-5-1-2-10-21(17)18/h1-10,15,22H,11-14,16H2. The van der Waals surface area contributed by atoms with Crippen LogP contribution in [0.4, 0.5) is 5.69 Å². The lowest BCUT2D eigenvalue weighted by Crippen LogP contribution is -2.40. The summed E-state index contributed by atoms with van der Waals surface area (Å²) < 4.78 is 32.4. The predicted octanol–water partition coefficient (Wildman–Crippen LogP) is 3.47. The van der Waals surface area contributed by atoms with Crippen molar-refractivity contribution in [1.82, 2.24) is 4.31 Å². The van der Waals surface area contributed by atoms with Crippen molar-refractivity contribution < 1.29 is 13.2 Å². The van der Waals surface area contributed by atoms with Crippen LogP contribution in [0.15, 0.2) is 71.6 Å². The topological polar surface area (TPSA) is 58.6 Å². The van der Waals surface area contributed by atoms with Crippen LogP contribution < -0.4 is 5.32 Å². The molecule has 0 bridgehead atoms. The van der Waals surface area contributed by atoms with Crippen molar-refractivity contribution in [2.75, 3.05) is 31.6 Å². The minimum absolute atomic E-state index is 0.312. The Bertz CT molecular complexity index is 1040. The summed E-state index contributed by atoms with van der Waals surface area (Å²) in [6, 6.07) is 21.5. The third kappa shape index (κ3) is 3.83. The van der Waals surface area contributed by atoms with Crippen LogP contribution in [0.3, 0.4) is 0 Å². The van der Waals surface area contributed by atoms with Gasteiger partial charge in [0, 0.05) is 25.3 Å². The molecule has 3 aromatic carbocycles. The summed E-state index contributed by atoms with van der Waals surface area (Å²) >= 11 is 0. The van der Waals surface area contributed by atoms with Gasteiger partial charge in [0.15, 0.2) is 0 Å². The summed E-state index contributed by atoms with van der Waals surface area (Å²) in [4.78, 5) is 0.312. The Kier molecular flexibility index (Phi) is 5.11. The molecule has 0 radical (unpaired) electrons. The lowest BCUT2D eigenvalue weighted by Gasteiger charge is -2.26. The van der Waals surface area contributed by atoms with Gasteiger partial charge in [-0.25, -0.2) is 8.42 Å². The summed E-state index contributed by atoms with van der Waals surface area (Å²) in [5, 5.41) is 5.75. The average Bonchev–Trinajstić information content (AvgIpc) is 2.73. The summed E-state index contributed by atoms with van der Waals surface area (Å²) in [6.45, 7) is 2.31. The van der Waals surface area contributed by atoms with E-state index in [2.05, 4.69) is 29.6 Å². The fourth-order valence-electron chi connectivity index (χ4n) is 3.35. The number of nitrogens with zero attached hydrogens (tertiary/aromatic N) is 1. The van der Waals surface area contributed by atoms with E-state index in [1.54, 1.807) is 18.2 Å². The molecule has 0 amide bonds. The lowest BCUT2D eigenvalue weighted by molar-refractivity contribution is 0.0730. The Morgan fingerprint density at radius 1 is 0.926 bits per heavy atom. The molecule has 1 aliphatic heterocycles. The Morgan fingerprint density at radius 3 is 2.52 bits per heavy atom. The average molecular weight is 382 g/mol. The second kappa shape index (κ2) is 7.68. The van der Waals surface area contributed by atoms with Crippen LogP contribution in [0.1, 0.15) is 5.56 Å². The van der Waals surface area contributed by atoms with Crippen molar-refractivity contribution in [3.8, 4) is 0 Å². The van der Waals surface area contributed by atoms with Crippen molar-refractivity contribution in [1.29, 1.82) is 0 Å². The number of anilines is 1. The molecule has 1 fully saturated rings. The van der Waals surface area contributed by atoms with E-state index in [4.69, 9.17) is 4.74 Å². The molecule has 4 rings (SSSR count). The van der Waals surface area contributed by atoms with Gasteiger partial charge in [-0.3, -0.25) is 0 Å². The highest BCUT2D eigenvalue weighted by molar-refractivity contribution is 7.89. The van der Waals surface area contributed by atoms with Crippen LogP contribution >= 0.6 is 0 Å². The van der Waals surface area contributed by atoms with Gasteiger partial charge in [0.25, 0.3) is 0 Å². The van der Waals surface area contributed by atoms with Crippen molar-refractivity contribution in [3.05, 3.63) is 72.3 Å². The minimum atomic E-state index is -3.49. The number of nitrogens with one attached hydrogen (secondary N) is 1. The number of hydrogen-bond donors (Lipinski definition) is 1. The molecular formula is C21H22N2O3S. The third-order valence-electron chi connectivity index (χ3n) is 4.80. The quantitative estimate of drug-likeness (QED) is 0.734. The second-order valence-corrected chi connectivity index (χ2v) is 8.47. The van der Waals surface area contributed by atoms with E-state index in [9.17, 15) is 8.42 Å². The maximum absolute atomic E-state index is 12.8. The summed E-state index contributed by atoms with van der Waals surface area (Å²) in [5.41, 5.74) is 1.96. The molecule has 0 saturated carbocycles. The molecule has 3 aromatic rings.